The molecular formula is C11H24N2OS. The van der Waals surface area contributed by atoms with E-state index in [-0.39, 0.29) is 0 Å². The zero-order valence-electron chi connectivity index (χ0n) is 10.1. The van der Waals surface area contributed by atoms with Crippen LogP contribution in [0.2, 0.25) is 0 Å². The third-order valence-corrected chi connectivity index (χ3v) is 2.25. The van der Waals surface area contributed by atoms with Gasteiger partial charge in [-0.2, -0.15) is 0 Å². The van der Waals surface area contributed by atoms with Gasteiger partial charge in [0.15, 0.2) is 5.11 Å². The lowest BCUT2D eigenvalue weighted by Crippen LogP contribution is -2.36. The van der Waals surface area contributed by atoms with Crippen LogP contribution in [0.3, 0.4) is 0 Å². The zero-order chi connectivity index (χ0) is 11.5. The van der Waals surface area contributed by atoms with Crippen LogP contribution >= 0.6 is 12.2 Å². The molecule has 15 heavy (non-hydrogen) atoms. The molecule has 0 saturated carbocycles. The Kier molecular flexibility index (Phi) is 9.94. The van der Waals surface area contributed by atoms with Crippen molar-refractivity contribution in [3.63, 3.8) is 0 Å². The molecule has 4 heteroatoms. The summed E-state index contributed by atoms with van der Waals surface area (Å²) in [7, 11) is 0. The highest BCUT2D eigenvalue weighted by molar-refractivity contribution is 7.80. The summed E-state index contributed by atoms with van der Waals surface area (Å²) in [5, 5.41) is 7.10. The van der Waals surface area contributed by atoms with Gasteiger partial charge in [0.2, 0.25) is 0 Å². The van der Waals surface area contributed by atoms with Gasteiger partial charge in [0.25, 0.3) is 0 Å². The second kappa shape index (κ2) is 10.2. The van der Waals surface area contributed by atoms with Crippen LogP contribution in [-0.2, 0) is 4.74 Å². The van der Waals surface area contributed by atoms with Crippen LogP contribution in [0.15, 0.2) is 0 Å². The van der Waals surface area contributed by atoms with Gasteiger partial charge in [0.05, 0.1) is 0 Å². The van der Waals surface area contributed by atoms with E-state index >= 15 is 0 Å². The molecule has 0 aliphatic carbocycles. The van der Waals surface area contributed by atoms with Gasteiger partial charge < -0.3 is 15.4 Å². The number of thiocarbonyl (C=S) groups is 1. The van der Waals surface area contributed by atoms with Crippen molar-refractivity contribution in [3.05, 3.63) is 0 Å². The van der Waals surface area contributed by atoms with E-state index in [4.69, 9.17) is 17.0 Å². The monoisotopic (exact) mass is 232 g/mol. The Labute approximate surface area is 99.0 Å². The Balaban J connectivity index is 3.19. The SMILES string of the molecule is CCOCCCNC(=S)NCCC(C)C. The largest absolute Gasteiger partial charge is 0.382 e. The fourth-order valence-electron chi connectivity index (χ4n) is 1.06. The second-order valence-corrected chi connectivity index (χ2v) is 4.32. The van der Waals surface area contributed by atoms with E-state index < -0.39 is 0 Å². The van der Waals surface area contributed by atoms with Crippen molar-refractivity contribution in [3.8, 4) is 0 Å². The molecular weight excluding hydrogens is 208 g/mol. The van der Waals surface area contributed by atoms with Crippen molar-refractivity contribution in [1.29, 1.82) is 0 Å². The van der Waals surface area contributed by atoms with Gasteiger partial charge in [0.1, 0.15) is 0 Å². The first-order valence-electron chi connectivity index (χ1n) is 5.76. The lowest BCUT2D eigenvalue weighted by atomic mass is 10.1. The summed E-state index contributed by atoms with van der Waals surface area (Å²) in [6.07, 6.45) is 2.15. The van der Waals surface area contributed by atoms with Crippen LogP contribution in [0.1, 0.15) is 33.6 Å². The summed E-state index contributed by atoms with van der Waals surface area (Å²) >= 11 is 5.12. The van der Waals surface area contributed by atoms with Crippen molar-refractivity contribution in [2.24, 2.45) is 5.92 Å². The van der Waals surface area contributed by atoms with Crippen LogP contribution < -0.4 is 10.6 Å². The van der Waals surface area contributed by atoms with Gasteiger partial charge >= 0.3 is 0 Å². The van der Waals surface area contributed by atoms with Gasteiger partial charge in [-0.15, -0.1) is 0 Å². The van der Waals surface area contributed by atoms with E-state index in [0.29, 0.717) is 0 Å². The molecule has 0 rings (SSSR count). The molecule has 0 aliphatic heterocycles. The van der Waals surface area contributed by atoms with Crippen LogP contribution in [0.5, 0.6) is 0 Å². The number of hydrogen-bond acceptors (Lipinski definition) is 2. The molecule has 3 nitrogen and oxygen atoms in total. The predicted molar refractivity (Wildman–Crippen MR) is 69.2 cm³/mol. The van der Waals surface area contributed by atoms with E-state index in [9.17, 15) is 0 Å². The predicted octanol–water partition coefficient (Wildman–Crippen LogP) is 1.92. The normalized spacial score (nSPS) is 10.4. The average Bonchev–Trinajstić information content (AvgIpc) is 2.17. The van der Waals surface area contributed by atoms with E-state index in [0.717, 1.165) is 50.2 Å². The first-order chi connectivity index (χ1) is 7.16. The highest BCUT2D eigenvalue weighted by Crippen LogP contribution is 1.95. The molecule has 0 unspecified atom stereocenters. The first-order valence-corrected chi connectivity index (χ1v) is 6.17. The third-order valence-electron chi connectivity index (χ3n) is 1.96. The molecule has 0 bridgehead atoms. The maximum Gasteiger partial charge on any atom is 0.166 e. The summed E-state index contributed by atoms with van der Waals surface area (Å²) in [5.41, 5.74) is 0. The van der Waals surface area contributed by atoms with Gasteiger partial charge in [-0.25, -0.2) is 0 Å². The van der Waals surface area contributed by atoms with Crippen molar-refractivity contribution < 1.29 is 4.74 Å². The van der Waals surface area contributed by atoms with E-state index in [1.165, 1.54) is 0 Å². The first kappa shape index (κ1) is 14.6. The van der Waals surface area contributed by atoms with E-state index in [2.05, 4.69) is 24.5 Å². The average molecular weight is 232 g/mol. The Morgan fingerprint density at radius 3 is 2.53 bits per heavy atom. The molecule has 0 saturated heterocycles. The van der Waals surface area contributed by atoms with Crippen LogP contribution in [-0.4, -0.2) is 31.4 Å². The summed E-state index contributed by atoms with van der Waals surface area (Å²) < 4.78 is 5.22. The van der Waals surface area contributed by atoms with Crippen LogP contribution in [0, 0.1) is 5.92 Å². The lowest BCUT2D eigenvalue weighted by Gasteiger charge is -2.11. The summed E-state index contributed by atoms with van der Waals surface area (Å²) in [5.74, 6) is 0.721. The minimum absolute atomic E-state index is 0.721. The van der Waals surface area contributed by atoms with E-state index in [1.54, 1.807) is 0 Å². The fraction of sp³-hybridized carbons (Fsp3) is 0.909. The van der Waals surface area contributed by atoms with E-state index in [1.807, 2.05) is 6.92 Å². The third kappa shape index (κ3) is 11.6. The molecule has 0 fully saturated rings. The van der Waals surface area contributed by atoms with Crippen molar-refractivity contribution in [2.75, 3.05) is 26.3 Å². The van der Waals surface area contributed by atoms with Crippen molar-refractivity contribution in [1.82, 2.24) is 10.6 Å². The number of rotatable bonds is 8. The van der Waals surface area contributed by atoms with Crippen molar-refractivity contribution >= 4 is 17.3 Å². The maximum atomic E-state index is 5.22. The summed E-state index contributed by atoms with van der Waals surface area (Å²) in [6.45, 7) is 9.85. The number of nitrogens with one attached hydrogen (secondary N) is 2. The summed E-state index contributed by atoms with van der Waals surface area (Å²) in [6, 6.07) is 0. The topological polar surface area (TPSA) is 33.3 Å². The lowest BCUT2D eigenvalue weighted by molar-refractivity contribution is 0.145. The molecule has 0 aromatic carbocycles. The molecule has 2 N–H and O–H groups in total. The molecule has 0 atom stereocenters. The van der Waals surface area contributed by atoms with Gasteiger partial charge in [-0.3, -0.25) is 0 Å². The summed E-state index contributed by atoms with van der Waals surface area (Å²) in [4.78, 5) is 0. The second-order valence-electron chi connectivity index (χ2n) is 3.92. The Bertz CT molecular complexity index is 163. The van der Waals surface area contributed by atoms with Crippen molar-refractivity contribution in [2.45, 2.75) is 33.6 Å². The van der Waals surface area contributed by atoms with Crippen LogP contribution in [0.4, 0.5) is 0 Å². The smallest absolute Gasteiger partial charge is 0.166 e. The minimum atomic E-state index is 0.721. The molecule has 0 spiro atoms. The molecule has 0 radical (unpaired) electrons. The number of hydrogen-bond donors (Lipinski definition) is 2. The van der Waals surface area contributed by atoms with Gasteiger partial charge in [-0.1, -0.05) is 13.8 Å². The van der Waals surface area contributed by atoms with Gasteiger partial charge in [0, 0.05) is 26.3 Å². The minimum Gasteiger partial charge on any atom is -0.382 e. The number of ether oxygens (including phenoxy) is 1. The Morgan fingerprint density at radius 1 is 1.27 bits per heavy atom. The standard InChI is InChI=1S/C11H24N2OS/c1-4-14-9-5-7-12-11(15)13-8-6-10(2)3/h10H,4-9H2,1-3H3,(H2,12,13,15). The quantitative estimate of drug-likeness (QED) is 0.495. The Hall–Kier alpha value is -0.350. The molecule has 0 aliphatic rings. The molecule has 0 heterocycles. The molecule has 0 amide bonds. The fourth-order valence-corrected chi connectivity index (χ4v) is 1.26. The molecule has 0 aromatic heterocycles. The zero-order valence-corrected chi connectivity index (χ0v) is 11.0. The Morgan fingerprint density at radius 2 is 1.93 bits per heavy atom. The van der Waals surface area contributed by atoms with Crippen LogP contribution in [0.25, 0.3) is 0 Å². The highest BCUT2D eigenvalue weighted by Gasteiger charge is 1.96. The maximum absolute atomic E-state index is 5.22. The highest BCUT2D eigenvalue weighted by atomic mass is 32.1. The molecule has 90 valence electrons. The molecule has 0 aromatic rings. The van der Waals surface area contributed by atoms with Gasteiger partial charge in [-0.05, 0) is 37.9 Å².